The molecule has 0 radical (unpaired) electrons. The molecule has 0 bridgehead atoms. The molecule has 0 aromatic heterocycles. The van der Waals surface area contributed by atoms with Crippen LogP contribution in [0, 0.1) is 5.82 Å². The Morgan fingerprint density at radius 2 is 2.16 bits per heavy atom. The van der Waals surface area contributed by atoms with E-state index in [9.17, 15) is 14.3 Å². The van der Waals surface area contributed by atoms with E-state index in [2.05, 4.69) is 5.32 Å². The Morgan fingerprint density at radius 1 is 1.53 bits per heavy atom. The first-order valence-electron chi connectivity index (χ1n) is 6.06. The summed E-state index contributed by atoms with van der Waals surface area (Å²) in [5, 5.41) is 21.9. The van der Waals surface area contributed by atoms with Gasteiger partial charge in [0.25, 0.3) is 0 Å². The number of nitrogens with one attached hydrogen (secondary N) is 1. The molecule has 1 atom stereocenters. The molecule has 6 heteroatoms. The van der Waals surface area contributed by atoms with Crippen molar-refractivity contribution in [1.82, 2.24) is 0 Å². The molecule has 1 aromatic carbocycles. The molecule has 19 heavy (non-hydrogen) atoms. The number of rotatable bonds is 6. The first-order valence-corrected chi connectivity index (χ1v) is 6.06. The van der Waals surface area contributed by atoms with Crippen LogP contribution in [0.1, 0.15) is 37.0 Å². The van der Waals surface area contributed by atoms with Crippen LogP contribution in [0.25, 0.3) is 0 Å². The van der Waals surface area contributed by atoms with Crippen molar-refractivity contribution in [3.05, 3.63) is 23.5 Å². The summed E-state index contributed by atoms with van der Waals surface area (Å²) in [5.41, 5.74) is 3.93. The van der Waals surface area contributed by atoms with Crippen molar-refractivity contribution in [2.24, 2.45) is 0 Å². The Morgan fingerprint density at radius 3 is 2.68 bits per heavy atom. The van der Waals surface area contributed by atoms with Gasteiger partial charge in [-0.2, -0.15) is 0 Å². The summed E-state index contributed by atoms with van der Waals surface area (Å²) in [5.74, 6) is -2.09. The molecule has 0 fully saturated rings. The molecule has 0 saturated carbocycles. The van der Waals surface area contributed by atoms with Crippen molar-refractivity contribution in [3.63, 3.8) is 0 Å². The molecule has 0 spiro atoms. The van der Waals surface area contributed by atoms with E-state index >= 15 is 0 Å². The van der Waals surface area contributed by atoms with Gasteiger partial charge in [-0.3, -0.25) is 0 Å². The van der Waals surface area contributed by atoms with E-state index in [0.29, 0.717) is 6.42 Å². The fourth-order valence-electron chi connectivity index (χ4n) is 1.88. The zero-order chi connectivity index (χ0) is 14.6. The molecule has 1 unspecified atom stereocenters. The molecular weight excluding hydrogens is 251 g/mol. The molecular formula is C13H19FN2O3. The summed E-state index contributed by atoms with van der Waals surface area (Å²) < 4.78 is 13.2. The molecule has 0 saturated heterocycles. The van der Waals surface area contributed by atoms with Gasteiger partial charge in [0.1, 0.15) is 11.4 Å². The van der Waals surface area contributed by atoms with E-state index in [1.54, 1.807) is 6.92 Å². The quantitative estimate of drug-likeness (QED) is 0.593. The number of carbonyl (C=O) groups is 1. The number of carboxylic acids is 1. The number of aromatic carboxylic acids is 1. The number of hydrogen-bond donors (Lipinski definition) is 4. The van der Waals surface area contributed by atoms with Crippen LogP contribution in [-0.2, 0) is 0 Å². The maximum atomic E-state index is 13.2. The van der Waals surface area contributed by atoms with Crippen molar-refractivity contribution in [3.8, 4) is 0 Å². The molecule has 1 rings (SSSR count). The molecule has 1 aromatic rings. The fraction of sp³-hybridized carbons (Fsp3) is 0.462. The number of aliphatic hydroxyl groups is 1. The molecule has 106 valence electrons. The van der Waals surface area contributed by atoms with Gasteiger partial charge in [0, 0.05) is 6.54 Å². The lowest BCUT2D eigenvalue weighted by Gasteiger charge is -2.24. The van der Waals surface area contributed by atoms with E-state index in [1.807, 2.05) is 6.92 Å². The van der Waals surface area contributed by atoms with Crippen molar-refractivity contribution < 1.29 is 19.4 Å². The lowest BCUT2D eigenvalue weighted by molar-refractivity contribution is 0.0631. The van der Waals surface area contributed by atoms with Gasteiger partial charge in [-0.25, -0.2) is 9.18 Å². The number of nitrogen functional groups attached to an aromatic ring is 1. The summed E-state index contributed by atoms with van der Waals surface area (Å²) in [7, 11) is 0. The number of nitrogens with two attached hydrogens (primary N) is 1. The second-order valence-corrected chi connectivity index (χ2v) is 4.79. The highest BCUT2D eigenvalue weighted by Gasteiger charge is 2.22. The predicted octanol–water partition coefficient (Wildman–Crippen LogP) is 2.07. The number of benzene rings is 1. The lowest BCUT2D eigenvalue weighted by atomic mass is 10.0. The molecule has 5 nitrogen and oxygen atoms in total. The summed E-state index contributed by atoms with van der Waals surface area (Å²) >= 11 is 0. The highest BCUT2D eigenvalue weighted by Crippen LogP contribution is 2.26. The zero-order valence-electron chi connectivity index (χ0n) is 11.0. The third-order valence-corrected chi connectivity index (χ3v) is 2.85. The summed E-state index contributed by atoms with van der Waals surface area (Å²) in [6.45, 7) is 3.75. The van der Waals surface area contributed by atoms with Crippen LogP contribution in [0.2, 0.25) is 0 Å². The largest absolute Gasteiger partial charge is 0.478 e. The number of hydrogen-bond acceptors (Lipinski definition) is 4. The Balaban J connectivity index is 2.96. The fourth-order valence-corrected chi connectivity index (χ4v) is 1.88. The van der Waals surface area contributed by atoms with E-state index in [0.717, 1.165) is 12.5 Å². The maximum absolute atomic E-state index is 13.2. The predicted molar refractivity (Wildman–Crippen MR) is 71.8 cm³/mol. The van der Waals surface area contributed by atoms with Crippen LogP contribution in [-0.4, -0.2) is 28.3 Å². The van der Waals surface area contributed by atoms with Crippen LogP contribution in [0.15, 0.2) is 12.1 Å². The smallest absolute Gasteiger partial charge is 0.340 e. The average Bonchev–Trinajstić information content (AvgIpc) is 2.30. The molecule has 0 aliphatic rings. The van der Waals surface area contributed by atoms with Gasteiger partial charge in [-0.05, 0) is 25.5 Å². The highest BCUT2D eigenvalue weighted by molar-refractivity contribution is 6.00. The summed E-state index contributed by atoms with van der Waals surface area (Å²) in [6.07, 6.45) is 1.37. The second kappa shape index (κ2) is 5.88. The van der Waals surface area contributed by atoms with Crippen molar-refractivity contribution in [2.45, 2.75) is 32.3 Å². The van der Waals surface area contributed by atoms with Crippen LogP contribution in [0.4, 0.5) is 15.8 Å². The lowest BCUT2D eigenvalue weighted by Crippen LogP contribution is -2.33. The minimum atomic E-state index is -1.31. The monoisotopic (exact) mass is 270 g/mol. The van der Waals surface area contributed by atoms with Crippen LogP contribution >= 0.6 is 0 Å². The zero-order valence-corrected chi connectivity index (χ0v) is 11.0. The number of carboxylic acid groups (broad SMARTS) is 1. The van der Waals surface area contributed by atoms with Gasteiger partial charge in [0.2, 0.25) is 0 Å². The first kappa shape index (κ1) is 15.2. The van der Waals surface area contributed by atoms with Gasteiger partial charge < -0.3 is 21.3 Å². The summed E-state index contributed by atoms with van der Waals surface area (Å²) in [4.78, 5) is 11.1. The minimum absolute atomic E-state index is 0.159. The Hall–Kier alpha value is -1.82. The normalized spacial score (nSPS) is 13.9. The topological polar surface area (TPSA) is 95.6 Å². The van der Waals surface area contributed by atoms with Crippen LogP contribution in [0.3, 0.4) is 0 Å². The highest BCUT2D eigenvalue weighted by atomic mass is 19.1. The second-order valence-electron chi connectivity index (χ2n) is 4.79. The molecule has 0 aliphatic heterocycles. The van der Waals surface area contributed by atoms with Gasteiger partial charge in [-0.1, -0.05) is 13.3 Å². The molecule has 0 aliphatic carbocycles. The SMILES string of the molecule is CCCC(C)(O)CNc1ccc(F)c(N)c1C(=O)O. The van der Waals surface area contributed by atoms with Gasteiger partial charge in [0.05, 0.1) is 17.0 Å². The Labute approximate surface area is 111 Å². The molecule has 0 amide bonds. The molecule has 5 N–H and O–H groups in total. The van der Waals surface area contributed by atoms with Crippen LogP contribution < -0.4 is 11.1 Å². The number of anilines is 2. The number of halogens is 1. The van der Waals surface area contributed by atoms with Gasteiger partial charge >= 0.3 is 5.97 Å². The van der Waals surface area contributed by atoms with Gasteiger partial charge in [-0.15, -0.1) is 0 Å². The Kier molecular flexibility index (Phi) is 4.72. The summed E-state index contributed by atoms with van der Waals surface area (Å²) in [6, 6.07) is 2.40. The third-order valence-electron chi connectivity index (χ3n) is 2.85. The maximum Gasteiger partial charge on any atom is 0.340 e. The van der Waals surface area contributed by atoms with E-state index in [4.69, 9.17) is 10.8 Å². The van der Waals surface area contributed by atoms with E-state index < -0.39 is 23.1 Å². The standard InChI is InChI=1S/C13H19FN2O3/c1-3-6-13(2,19)7-16-9-5-4-8(14)11(15)10(9)12(17)18/h4-5,16,19H,3,6-7,15H2,1-2H3,(H,17,18). The van der Waals surface area contributed by atoms with Gasteiger partial charge in [0.15, 0.2) is 0 Å². The van der Waals surface area contributed by atoms with Crippen molar-refractivity contribution >= 4 is 17.3 Å². The minimum Gasteiger partial charge on any atom is -0.478 e. The Bertz CT molecular complexity index is 475. The molecule has 0 heterocycles. The third kappa shape index (κ3) is 3.82. The van der Waals surface area contributed by atoms with E-state index in [1.165, 1.54) is 6.07 Å². The van der Waals surface area contributed by atoms with E-state index in [-0.39, 0.29) is 17.8 Å². The van der Waals surface area contributed by atoms with Crippen LogP contribution in [0.5, 0.6) is 0 Å². The van der Waals surface area contributed by atoms with Crippen molar-refractivity contribution in [2.75, 3.05) is 17.6 Å². The average molecular weight is 270 g/mol. The first-order chi connectivity index (χ1) is 8.78. The van der Waals surface area contributed by atoms with Crippen molar-refractivity contribution in [1.29, 1.82) is 0 Å².